The maximum absolute atomic E-state index is 12.7. The second-order valence-corrected chi connectivity index (χ2v) is 7.90. The van der Waals surface area contributed by atoms with Crippen molar-refractivity contribution >= 4 is 17.2 Å². The summed E-state index contributed by atoms with van der Waals surface area (Å²) in [6, 6.07) is 9.82. The van der Waals surface area contributed by atoms with Gasteiger partial charge in [-0.25, -0.2) is 4.98 Å². The third kappa shape index (κ3) is 4.08. The monoisotopic (exact) mass is 360 g/mol. The first kappa shape index (κ1) is 18.0. The van der Waals surface area contributed by atoms with Crippen LogP contribution in [0.15, 0.2) is 35.7 Å². The summed E-state index contributed by atoms with van der Waals surface area (Å²) < 4.78 is 0. The molecule has 2 N–H and O–H groups in total. The van der Waals surface area contributed by atoms with Gasteiger partial charge in [-0.15, -0.1) is 11.3 Å². The van der Waals surface area contributed by atoms with Crippen LogP contribution >= 0.6 is 11.3 Å². The lowest BCUT2D eigenvalue weighted by molar-refractivity contribution is -0.141. The first-order valence-corrected chi connectivity index (χ1v) is 9.42. The summed E-state index contributed by atoms with van der Waals surface area (Å²) >= 11 is 1.54. The standard InChI is InChI=1S/C19H24N2O3S/c1-14-20-16(11-25-14)9-18(24)21-8-7-17(23)19(12-21,13-22)10-15-5-3-2-4-6-15/h2-6,11,17,22-23H,7-10,12-13H2,1H3/t17?,19-/m1/s1. The van der Waals surface area contributed by atoms with Crippen molar-refractivity contribution in [1.29, 1.82) is 0 Å². The highest BCUT2D eigenvalue weighted by molar-refractivity contribution is 7.09. The van der Waals surface area contributed by atoms with Gasteiger partial charge in [0.1, 0.15) is 0 Å². The van der Waals surface area contributed by atoms with Crippen molar-refractivity contribution in [1.82, 2.24) is 9.88 Å². The number of benzene rings is 1. The van der Waals surface area contributed by atoms with Gasteiger partial charge in [-0.1, -0.05) is 30.3 Å². The SMILES string of the molecule is Cc1nc(CC(=O)N2CCC(O)[C@](CO)(Cc3ccccc3)C2)cs1. The average molecular weight is 360 g/mol. The van der Waals surface area contributed by atoms with Gasteiger partial charge in [0, 0.05) is 23.9 Å². The quantitative estimate of drug-likeness (QED) is 0.853. The average Bonchev–Trinajstić information content (AvgIpc) is 3.02. The van der Waals surface area contributed by atoms with Crippen LogP contribution in [0.2, 0.25) is 0 Å². The van der Waals surface area contributed by atoms with E-state index in [4.69, 9.17) is 0 Å². The van der Waals surface area contributed by atoms with Crippen LogP contribution in [0.5, 0.6) is 0 Å². The molecule has 2 heterocycles. The highest BCUT2D eigenvalue weighted by Crippen LogP contribution is 2.34. The van der Waals surface area contributed by atoms with E-state index in [1.54, 1.807) is 4.90 Å². The third-order valence-electron chi connectivity index (χ3n) is 4.95. The number of rotatable bonds is 5. The van der Waals surface area contributed by atoms with Crippen molar-refractivity contribution in [3.8, 4) is 0 Å². The van der Waals surface area contributed by atoms with Gasteiger partial charge in [-0.05, 0) is 25.3 Å². The van der Waals surface area contributed by atoms with E-state index in [1.807, 2.05) is 42.6 Å². The number of amides is 1. The summed E-state index contributed by atoms with van der Waals surface area (Å²) in [6.45, 7) is 2.65. The Morgan fingerprint density at radius 3 is 2.80 bits per heavy atom. The van der Waals surface area contributed by atoms with Crippen LogP contribution in [0.3, 0.4) is 0 Å². The molecule has 134 valence electrons. The first-order valence-electron chi connectivity index (χ1n) is 8.54. The molecular formula is C19H24N2O3S. The van der Waals surface area contributed by atoms with Crippen LogP contribution in [-0.2, 0) is 17.6 Å². The van der Waals surface area contributed by atoms with Crippen LogP contribution < -0.4 is 0 Å². The number of hydrogen-bond acceptors (Lipinski definition) is 5. The van der Waals surface area contributed by atoms with E-state index in [-0.39, 0.29) is 18.9 Å². The van der Waals surface area contributed by atoms with E-state index in [1.165, 1.54) is 11.3 Å². The molecule has 1 unspecified atom stereocenters. The van der Waals surface area contributed by atoms with Crippen molar-refractivity contribution < 1.29 is 15.0 Å². The molecule has 1 aromatic carbocycles. The zero-order valence-corrected chi connectivity index (χ0v) is 15.2. The Labute approximate surface area is 152 Å². The van der Waals surface area contributed by atoms with Crippen molar-refractivity contribution in [3.05, 3.63) is 52.0 Å². The van der Waals surface area contributed by atoms with Crippen LogP contribution in [-0.4, -0.2) is 51.8 Å². The summed E-state index contributed by atoms with van der Waals surface area (Å²) in [6.07, 6.45) is 0.677. The molecule has 1 aliphatic heterocycles. The smallest absolute Gasteiger partial charge is 0.228 e. The van der Waals surface area contributed by atoms with E-state index in [2.05, 4.69) is 4.98 Å². The summed E-state index contributed by atoms with van der Waals surface area (Å²) in [5.74, 6) is 0.00286. The number of aromatic nitrogens is 1. The van der Waals surface area contributed by atoms with E-state index >= 15 is 0 Å². The number of aryl methyl sites for hydroxylation is 1. The molecule has 1 aliphatic rings. The molecule has 0 radical (unpaired) electrons. The van der Waals surface area contributed by atoms with Gasteiger partial charge in [0.15, 0.2) is 0 Å². The van der Waals surface area contributed by atoms with Crippen LogP contribution in [0.1, 0.15) is 22.7 Å². The fourth-order valence-electron chi connectivity index (χ4n) is 3.51. The van der Waals surface area contributed by atoms with Crippen molar-refractivity contribution in [2.45, 2.75) is 32.3 Å². The minimum Gasteiger partial charge on any atom is -0.396 e. The first-order chi connectivity index (χ1) is 12.0. The van der Waals surface area contributed by atoms with Crippen molar-refractivity contribution in [2.24, 2.45) is 5.41 Å². The second-order valence-electron chi connectivity index (χ2n) is 6.84. The molecule has 5 nitrogen and oxygen atoms in total. The van der Waals surface area contributed by atoms with Gasteiger partial charge >= 0.3 is 0 Å². The van der Waals surface area contributed by atoms with Gasteiger partial charge in [-0.2, -0.15) is 0 Å². The van der Waals surface area contributed by atoms with Crippen LogP contribution in [0, 0.1) is 12.3 Å². The molecule has 0 aliphatic carbocycles. The topological polar surface area (TPSA) is 73.7 Å². The van der Waals surface area contributed by atoms with E-state index in [0.29, 0.717) is 25.9 Å². The normalized spacial score (nSPS) is 23.6. The van der Waals surface area contributed by atoms with Gasteiger partial charge in [-0.3, -0.25) is 4.79 Å². The molecule has 0 saturated carbocycles. The third-order valence-corrected chi connectivity index (χ3v) is 5.77. The lowest BCUT2D eigenvalue weighted by Gasteiger charge is -2.45. The summed E-state index contributed by atoms with van der Waals surface area (Å²) in [5.41, 5.74) is 1.13. The molecule has 2 atom stereocenters. The molecule has 3 rings (SSSR count). The number of nitrogens with zero attached hydrogens (tertiary/aromatic N) is 2. The Bertz CT molecular complexity index is 718. The molecule has 25 heavy (non-hydrogen) atoms. The molecule has 6 heteroatoms. The number of likely N-dealkylation sites (tertiary alicyclic amines) is 1. The number of carbonyl (C=O) groups excluding carboxylic acids is 1. The number of carbonyl (C=O) groups is 1. The lowest BCUT2D eigenvalue weighted by atomic mass is 9.73. The maximum Gasteiger partial charge on any atom is 0.228 e. The molecule has 0 spiro atoms. The Kier molecular flexibility index (Phi) is 5.51. The number of thiazole rings is 1. The molecule has 1 fully saturated rings. The summed E-state index contributed by atoms with van der Waals surface area (Å²) in [4.78, 5) is 18.8. The van der Waals surface area contributed by atoms with Crippen LogP contribution in [0.4, 0.5) is 0 Å². The zero-order chi connectivity index (χ0) is 17.9. The number of aliphatic hydroxyl groups excluding tert-OH is 2. The lowest BCUT2D eigenvalue weighted by Crippen LogP contribution is -2.56. The Morgan fingerprint density at radius 2 is 2.16 bits per heavy atom. The predicted octanol–water partition coefficient (Wildman–Crippen LogP) is 1.81. The van der Waals surface area contributed by atoms with Gasteiger partial charge in [0.05, 0.1) is 29.8 Å². The fraction of sp³-hybridized carbons (Fsp3) is 0.474. The van der Waals surface area contributed by atoms with Gasteiger partial charge in [0.25, 0.3) is 0 Å². The second kappa shape index (κ2) is 7.64. The number of aliphatic hydroxyl groups is 2. The molecule has 2 aromatic rings. The van der Waals surface area contributed by atoms with E-state index in [9.17, 15) is 15.0 Å². The maximum atomic E-state index is 12.7. The fourth-order valence-corrected chi connectivity index (χ4v) is 4.12. The minimum atomic E-state index is -0.715. The summed E-state index contributed by atoms with van der Waals surface area (Å²) in [5, 5.41) is 23.5. The van der Waals surface area contributed by atoms with Gasteiger partial charge in [0.2, 0.25) is 5.91 Å². The Balaban J connectivity index is 1.73. The van der Waals surface area contributed by atoms with Crippen LogP contribution in [0.25, 0.3) is 0 Å². The van der Waals surface area contributed by atoms with E-state index < -0.39 is 11.5 Å². The Morgan fingerprint density at radius 1 is 1.40 bits per heavy atom. The highest BCUT2D eigenvalue weighted by Gasteiger charge is 2.43. The minimum absolute atomic E-state index is 0.00286. The van der Waals surface area contributed by atoms with E-state index in [0.717, 1.165) is 16.3 Å². The molecular weight excluding hydrogens is 336 g/mol. The largest absolute Gasteiger partial charge is 0.396 e. The molecule has 1 amide bonds. The molecule has 0 bridgehead atoms. The highest BCUT2D eigenvalue weighted by atomic mass is 32.1. The van der Waals surface area contributed by atoms with Crippen molar-refractivity contribution in [3.63, 3.8) is 0 Å². The zero-order valence-electron chi connectivity index (χ0n) is 14.4. The summed E-state index contributed by atoms with van der Waals surface area (Å²) in [7, 11) is 0. The molecule has 1 saturated heterocycles. The molecule has 1 aromatic heterocycles. The Hall–Kier alpha value is -1.76. The number of hydrogen-bond donors (Lipinski definition) is 2. The van der Waals surface area contributed by atoms with Gasteiger partial charge < -0.3 is 15.1 Å². The van der Waals surface area contributed by atoms with Crippen molar-refractivity contribution in [2.75, 3.05) is 19.7 Å². The number of piperidine rings is 1. The predicted molar refractivity (Wildman–Crippen MR) is 97.4 cm³/mol.